The topological polar surface area (TPSA) is 153 Å². The van der Waals surface area contributed by atoms with Crippen LogP contribution in [0, 0.1) is 0 Å². The van der Waals surface area contributed by atoms with Gasteiger partial charge in [0.15, 0.2) is 34.3 Å². The zero-order chi connectivity index (χ0) is 26.9. The van der Waals surface area contributed by atoms with E-state index in [1.165, 1.54) is 12.4 Å². The molecule has 0 atom stereocenters. The number of morpholine rings is 1. The third-order valence-electron chi connectivity index (χ3n) is 6.63. The lowest BCUT2D eigenvalue weighted by Gasteiger charge is -2.28. The second-order valence-electron chi connectivity index (χ2n) is 9.16. The fraction of sp³-hybridized carbons (Fsp3) is 0.360. The number of aromatic nitrogens is 6. The maximum absolute atomic E-state index is 11.6. The summed E-state index contributed by atoms with van der Waals surface area (Å²) in [5.74, 6) is 3.13. The normalized spacial score (nSPS) is 14.9. The second-order valence-corrected chi connectivity index (χ2v) is 9.16. The van der Waals surface area contributed by atoms with E-state index in [4.69, 9.17) is 34.4 Å². The molecular weight excluding hydrogens is 506 g/mol. The highest BCUT2D eigenvalue weighted by atomic mass is 16.6. The minimum atomic E-state index is -0.678. The van der Waals surface area contributed by atoms with Crippen LogP contribution in [0.15, 0.2) is 30.6 Å². The molecule has 2 N–H and O–H groups in total. The van der Waals surface area contributed by atoms with E-state index in [1.54, 1.807) is 5.48 Å². The fourth-order valence-corrected chi connectivity index (χ4v) is 4.52. The van der Waals surface area contributed by atoms with Crippen molar-refractivity contribution in [2.45, 2.75) is 6.54 Å². The van der Waals surface area contributed by atoms with E-state index in [9.17, 15) is 4.79 Å². The third kappa shape index (κ3) is 4.75. The van der Waals surface area contributed by atoms with Gasteiger partial charge in [0, 0.05) is 45.1 Å². The van der Waals surface area contributed by atoms with Gasteiger partial charge < -0.3 is 28.6 Å². The van der Waals surface area contributed by atoms with Crippen molar-refractivity contribution < 1.29 is 24.2 Å². The minimum Gasteiger partial charge on any atom is -0.486 e. The monoisotopic (exact) mass is 533 g/mol. The van der Waals surface area contributed by atoms with Crippen LogP contribution in [0.4, 0.5) is 11.8 Å². The number of benzene rings is 1. The maximum atomic E-state index is 11.6. The van der Waals surface area contributed by atoms with Crippen LogP contribution in [-0.4, -0.2) is 87.2 Å². The van der Waals surface area contributed by atoms with Gasteiger partial charge in [-0.1, -0.05) is 0 Å². The van der Waals surface area contributed by atoms with Gasteiger partial charge in [0.2, 0.25) is 5.95 Å². The van der Waals surface area contributed by atoms with Crippen molar-refractivity contribution in [3.63, 3.8) is 0 Å². The van der Waals surface area contributed by atoms with E-state index in [2.05, 4.69) is 14.9 Å². The van der Waals surface area contributed by atoms with Crippen LogP contribution in [0.25, 0.3) is 22.6 Å². The number of anilines is 2. The van der Waals surface area contributed by atoms with E-state index in [1.807, 2.05) is 41.8 Å². The molecule has 0 aliphatic carbocycles. The largest absolute Gasteiger partial charge is 0.486 e. The Labute approximate surface area is 223 Å². The Morgan fingerprint density at radius 2 is 1.79 bits per heavy atom. The van der Waals surface area contributed by atoms with E-state index >= 15 is 0 Å². The summed E-state index contributed by atoms with van der Waals surface area (Å²) < 4.78 is 19.0. The molecule has 1 aromatic carbocycles. The molecule has 14 nitrogen and oxygen atoms in total. The molecule has 0 bridgehead atoms. The number of aryl methyl sites for hydroxylation is 1. The standard InChI is InChI=1S/C25H27N9O5/c1-32(25-26-12-16(13-27-25)24(35)31-36)14-19-28-20-22(33(19)2)29-21(30-23(20)34-5-7-37-8-6-34)15-3-4-17-18(11-15)39-10-9-38-17/h3-4,11-13,36H,5-10,14H2,1-2H3,(H,31,35). The molecule has 2 aliphatic rings. The van der Waals surface area contributed by atoms with Crippen molar-refractivity contribution in [3.8, 4) is 22.9 Å². The summed E-state index contributed by atoms with van der Waals surface area (Å²) >= 11 is 0. The van der Waals surface area contributed by atoms with Gasteiger partial charge in [0.1, 0.15) is 19.0 Å². The average Bonchev–Trinajstić information content (AvgIpc) is 3.31. The van der Waals surface area contributed by atoms with Crippen LogP contribution in [0.5, 0.6) is 11.5 Å². The van der Waals surface area contributed by atoms with Crippen LogP contribution in [-0.2, 0) is 18.3 Å². The number of hydroxylamine groups is 1. The zero-order valence-electron chi connectivity index (χ0n) is 21.5. The van der Waals surface area contributed by atoms with Crippen molar-refractivity contribution in [1.82, 2.24) is 35.0 Å². The molecule has 1 amide bonds. The summed E-state index contributed by atoms with van der Waals surface area (Å²) in [5, 5.41) is 8.81. The molecule has 5 heterocycles. The number of imidazole rings is 1. The van der Waals surface area contributed by atoms with Crippen molar-refractivity contribution in [2.75, 3.05) is 56.4 Å². The Kier molecular flexibility index (Phi) is 6.54. The summed E-state index contributed by atoms with van der Waals surface area (Å²) in [5.41, 5.74) is 3.92. The van der Waals surface area contributed by atoms with Crippen LogP contribution in [0.3, 0.4) is 0 Å². The third-order valence-corrected chi connectivity index (χ3v) is 6.63. The number of ether oxygens (including phenoxy) is 3. The highest BCUT2D eigenvalue weighted by Gasteiger charge is 2.24. The molecule has 14 heteroatoms. The Hall–Kier alpha value is -4.56. The Morgan fingerprint density at radius 1 is 1.05 bits per heavy atom. The van der Waals surface area contributed by atoms with Crippen LogP contribution in [0.2, 0.25) is 0 Å². The first-order valence-electron chi connectivity index (χ1n) is 12.5. The molecule has 3 aromatic heterocycles. The molecule has 1 fully saturated rings. The summed E-state index contributed by atoms with van der Waals surface area (Å²) in [4.78, 5) is 38.9. The molecule has 39 heavy (non-hydrogen) atoms. The van der Waals surface area contributed by atoms with Gasteiger partial charge in [-0.15, -0.1) is 0 Å². The van der Waals surface area contributed by atoms with Gasteiger partial charge in [-0.25, -0.2) is 30.4 Å². The van der Waals surface area contributed by atoms with Gasteiger partial charge in [-0.05, 0) is 18.2 Å². The SMILES string of the molecule is CN(Cc1nc2c(N3CCOCC3)nc(-c3ccc4c(c3)OCCO4)nc2n1C)c1ncc(C(=O)NO)cn1. The number of nitrogens with zero attached hydrogens (tertiary/aromatic N) is 8. The number of carbonyl (C=O) groups is 1. The second kappa shape index (κ2) is 10.3. The highest BCUT2D eigenvalue weighted by molar-refractivity contribution is 5.92. The lowest BCUT2D eigenvalue weighted by molar-refractivity contribution is 0.0705. The number of fused-ring (bicyclic) bond motifs is 2. The average molecular weight is 534 g/mol. The molecule has 4 aromatic rings. The van der Waals surface area contributed by atoms with Gasteiger partial charge in [-0.2, -0.15) is 0 Å². The molecule has 6 rings (SSSR count). The summed E-state index contributed by atoms with van der Waals surface area (Å²) in [7, 11) is 3.74. The summed E-state index contributed by atoms with van der Waals surface area (Å²) in [6.45, 7) is 3.99. The predicted molar refractivity (Wildman–Crippen MR) is 139 cm³/mol. The van der Waals surface area contributed by atoms with E-state index in [-0.39, 0.29) is 5.56 Å². The Bertz CT molecular complexity index is 1520. The van der Waals surface area contributed by atoms with Crippen LogP contribution in [0.1, 0.15) is 16.2 Å². The summed E-state index contributed by atoms with van der Waals surface area (Å²) in [6.07, 6.45) is 2.70. The van der Waals surface area contributed by atoms with Gasteiger partial charge in [0.05, 0.1) is 25.3 Å². The fourth-order valence-electron chi connectivity index (χ4n) is 4.52. The van der Waals surface area contributed by atoms with Gasteiger partial charge in [-0.3, -0.25) is 10.0 Å². The van der Waals surface area contributed by atoms with Gasteiger partial charge >= 0.3 is 0 Å². The number of amides is 1. The molecule has 0 saturated carbocycles. The zero-order valence-corrected chi connectivity index (χ0v) is 21.5. The van der Waals surface area contributed by atoms with Crippen molar-refractivity contribution >= 4 is 28.8 Å². The summed E-state index contributed by atoms with van der Waals surface area (Å²) in [6, 6.07) is 5.72. The lowest BCUT2D eigenvalue weighted by Crippen LogP contribution is -2.37. The number of hydrogen-bond acceptors (Lipinski definition) is 12. The number of carbonyl (C=O) groups excluding carboxylic acids is 1. The number of nitrogens with one attached hydrogen (secondary N) is 1. The molecule has 202 valence electrons. The lowest BCUT2D eigenvalue weighted by atomic mass is 10.1. The molecule has 2 aliphatic heterocycles. The smallest absolute Gasteiger partial charge is 0.277 e. The van der Waals surface area contributed by atoms with Crippen LogP contribution < -0.4 is 24.8 Å². The first-order chi connectivity index (χ1) is 19.0. The van der Waals surface area contributed by atoms with E-state index in [0.717, 1.165) is 17.2 Å². The molecule has 0 unspecified atom stereocenters. The molecule has 1 saturated heterocycles. The maximum Gasteiger partial charge on any atom is 0.277 e. The Morgan fingerprint density at radius 3 is 2.54 bits per heavy atom. The molecule has 0 spiro atoms. The quantitative estimate of drug-likeness (QED) is 0.270. The molecule has 0 radical (unpaired) electrons. The van der Waals surface area contributed by atoms with E-state index < -0.39 is 5.91 Å². The van der Waals surface area contributed by atoms with Gasteiger partial charge in [0.25, 0.3) is 5.91 Å². The Balaban J connectivity index is 1.38. The van der Waals surface area contributed by atoms with E-state index in [0.29, 0.717) is 80.5 Å². The highest BCUT2D eigenvalue weighted by Crippen LogP contribution is 2.35. The van der Waals surface area contributed by atoms with Crippen molar-refractivity contribution in [3.05, 3.63) is 42.0 Å². The number of hydrogen-bond donors (Lipinski definition) is 2. The first kappa shape index (κ1) is 24.8. The number of rotatable bonds is 6. The first-order valence-corrected chi connectivity index (χ1v) is 12.5. The van der Waals surface area contributed by atoms with Crippen molar-refractivity contribution in [2.24, 2.45) is 7.05 Å². The predicted octanol–water partition coefficient (Wildman–Crippen LogP) is 1.18. The van der Waals surface area contributed by atoms with Crippen molar-refractivity contribution in [1.29, 1.82) is 0 Å². The van der Waals surface area contributed by atoms with Crippen LogP contribution >= 0.6 is 0 Å². The molecular formula is C25H27N9O5. The minimum absolute atomic E-state index is 0.148.